The van der Waals surface area contributed by atoms with Gasteiger partial charge in [0.2, 0.25) is 5.91 Å². The molecule has 0 N–H and O–H groups in total. The molecule has 1 aliphatic heterocycles. The summed E-state index contributed by atoms with van der Waals surface area (Å²) in [5.41, 5.74) is 1.75. The second-order valence-corrected chi connectivity index (χ2v) is 7.31. The molecular weight excluding hydrogens is 336 g/mol. The summed E-state index contributed by atoms with van der Waals surface area (Å²) >= 11 is 5.92. The van der Waals surface area contributed by atoms with Gasteiger partial charge in [-0.3, -0.25) is 9.69 Å². The number of amides is 1. The Bertz CT molecular complexity index is 588. The van der Waals surface area contributed by atoms with E-state index in [9.17, 15) is 4.79 Å². The van der Waals surface area contributed by atoms with E-state index in [-0.39, 0.29) is 5.91 Å². The van der Waals surface area contributed by atoms with Gasteiger partial charge in [0, 0.05) is 56.0 Å². The number of piperazine rings is 1. The van der Waals surface area contributed by atoms with Crippen molar-refractivity contribution in [3.63, 3.8) is 0 Å². The highest BCUT2D eigenvalue weighted by Gasteiger charge is 2.31. The van der Waals surface area contributed by atoms with Crippen molar-refractivity contribution in [2.75, 3.05) is 33.4 Å². The highest BCUT2D eigenvalue weighted by molar-refractivity contribution is 6.30. The largest absolute Gasteiger partial charge is 0.385 e. The summed E-state index contributed by atoms with van der Waals surface area (Å²) < 4.78 is 5.15. The average molecular weight is 365 g/mol. The van der Waals surface area contributed by atoms with Gasteiger partial charge in [0.05, 0.1) is 0 Å². The third-order valence-electron chi connectivity index (χ3n) is 4.74. The fourth-order valence-electron chi connectivity index (χ4n) is 3.47. The van der Waals surface area contributed by atoms with Crippen molar-refractivity contribution in [2.24, 2.45) is 0 Å². The van der Waals surface area contributed by atoms with E-state index >= 15 is 0 Å². The summed E-state index contributed by atoms with van der Waals surface area (Å²) in [6, 6.07) is 8.25. The van der Waals surface area contributed by atoms with Crippen molar-refractivity contribution < 1.29 is 9.53 Å². The van der Waals surface area contributed by atoms with E-state index in [0.29, 0.717) is 17.1 Å². The van der Waals surface area contributed by atoms with E-state index in [1.54, 1.807) is 7.11 Å². The average Bonchev–Trinajstić information content (AvgIpc) is 2.58. The number of hydrogen-bond acceptors (Lipinski definition) is 3. The summed E-state index contributed by atoms with van der Waals surface area (Å²) in [7, 11) is 1.74. The Morgan fingerprint density at radius 1 is 1.24 bits per heavy atom. The predicted molar refractivity (Wildman–Crippen MR) is 104 cm³/mol. The first kappa shape index (κ1) is 20.0. The Labute approximate surface area is 156 Å². The van der Waals surface area contributed by atoms with Gasteiger partial charge in [-0.05, 0) is 51.0 Å². The molecule has 1 aromatic rings. The normalized spacial score (nSPS) is 22.3. The van der Waals surface area contributed by atoms with Crippen LogP contribution in [0.3, 0.4) is 0 Å². The molecule has 1 aromatic carbocycles. The Balaban J connectivity index is 1.99. The zero-order chi connectivity index (χ0) is 18.4. The molecule has 0 bridgehead atoms. The smallest absolute Gasteiger partial charge is 0.249 e. The standard InChI is InChI=1S/C20H29ClN2O2/c1-15(12-18-6-8-19(21)9-7-18)20(24)22-13-16(2)23(17(3)14-22)10-5-11-25-4/h6-9,12,16-17H,5,10-11,13-14H2,1-4H3/b15-12+. The second-order valence-electron chi connectivity index (χ2n) is 6.87. The maximum absolute atomic E-state index is 12.8. The molecule has 138 valence electrons. The van der Waals surface area contributed by atoms with Crippen molar-refractivity contribution in [1.29, 1.82) is 0 Å². The van der Waals surface area contributed by atoms with Crippen LogP contribution in [0.1, 0.15) is 32.8 Å². The fraction of sp³-hybridized carbons (Fsp3) is 0.550. The van der Waals surface area contributed by atoms with Gasteiger partial charge in [0.1, 0.15) is 0 Å². The van der Waals surface area contributed by atoms with Crippen molar-refractivity contribution in [3.05, 3.63) is 40.4 Å². The van der Waals surface area contributed by atoms with Gasteiger partial charge < -0.3 is 9.64 Å². The molecule has 1 fully saturated rings. The number of benzene rings is 1. The maximum Gasteiger partial charge on any atom is 0.249 e. The molecule has 0 spiro atoms. The van der Waals surface area contributed by atoms with E-state index in [0.717, 1.165) is 43.8 Å². The lowest BCUT2D eigenvalue weighted by Crippen LogP contribution is -2.58. The van der Waals surface area contributed by atoms with Crippen LogP contribution in [0, 0.1) is 0 Å². The minimum atomic E-state index is 0.116. The summed E-state index contributed by atoms with van der Waals surface area (Å²) in [5, 5.41) is 0.702. The van der Waals surface area contributed by atoms with Crippen LogP contribution in [0.2, 0.25) is 5.02 Å². The number of hydrogen-bond donors (Lipinski definition) is 0. The number of nitrogens with zero attached hydrogens (tertiary/aromatic N) is 2. The Morgan fingerprint density at radius 2 is 1.84 bits per heavy atom. The number of carbonyl (C=O) groups is 1. The van der Waals surface area contributed by atoms with Gasteiger partial charge in [-0.1, -0.05) is 23.7 Å². The lowest BCUT2D eigenvalue weighted by Gasteiger charge is -2.44. The number of carbonyl (C=O) groups excluding carboxylic acids is 1. The van der Waals surface area contributed by atoms with Gasteiger partial charge in [0.25, 0.3) is 0 Å². The zero-order valence-electron chi connectivity index (χ0n) is 15.7. The van der Waals surface area contributed by atoms with Gasteiger partial charge in [-0.15, -0.1) is 0 Å². The highest BCUT2D eigenvalue weighted by atomic mass is 35.5. The van der Waals surface area contributed by atoms with E-state index in [1.807, 2.05) is 42.2 Å². The van der Waals surface area contributed by atoms with Crippen LogP contribution in [0.25, 0.3) is 6.08 Å². The Morgan fingerprint density at radius 3 is 2.40 bits per heavy atom. The molecule has 2 unspecified atom stereocenters. The number of ether oxygens (including phenoxy) is 1. The minimum Gasteiger partial charge on any atom is -0.385 e. The van der Waals surface area contributed by atoms with E-state index in [1.165, 1.54) is 0 Å². The molecule has 2 atom stereocenters. The molecule has 0 aromatic heterocycles. The van der Waals surface area contributed by atoms with Crippen LogP contribution in [0.5, 0.6) is 0 Å². The van der Waals surface area contributed by atoms with Gasteiger partial charge in [-0.2, -0.15) is 0 Å². The quantitative estimate of drug-likeness (QED) is 0.570. The van der Waals surface area contributed by atoms with Crippen LogP contribution in [0.4, 0.5) is 0 Å². The molecule has 0 radical (unpaired) electrons. The number of halogens is 1. The van der Waals surface area contributed by atoms with Crippen molar-refractivity contribution in [2.45, 2.75) is 39.3 Å². The third-order valence-corrected chi connectivity index (χ3v) is 5.00. The predicted octanol–water partition coefficient (Wildman–Crippen LogP) is 3.70. The van der Waals surface area contributed by atoms with Crippen molar-refractivity contribution in [3.8, 4) is 0 Å². The molecule has 1 heterocycles. The molecule has 0 saturated carbocycles. The van der Waals surface area contributed by atoms with Gasteiger partial charge >= 0.3 is 0 Å². The minimum absolute atomic E-state index is 0.116. The third kappa shape index (κ3) is 5.56. The fourth-order valence-corrected chi connectivity index (χ4v) is 3.60. The number of methoxy groups -OCH3 is 1. The lowest BCUT2D eigenvalue weighted by molar-refractivity contribution is -0.131. The van der Waals surface area contributed by atoms with E-state index < -0.39 is 0 Å². The maximum atomic E-state index is 12.8. The SMILES string of the molecule is COCCCN1C(C)CN(C(=O)/C(C)=C/c2ccc(Cl)cc2)CC1C. The first-order chi connectivity index (χ1) is 11.9. The topological polar surface area (TPSA) is 32.8 Å². The Hall–Kier alpha value is -1.36. The summed E-state index contributed by atoms with van der Waals surface area (Å²) in [4.78, 5) is 17.3. The lowest BCUT2D eigenvalue weighted by atomic mass is 10.1. The molecule has 4 nitrogen and oxygen atoms in total. The van der Waals surface area contributed by atoms with Gasteiger partial charge in [-0.25, -0.2) is 0 Å². The first-order valence-electron chi connectivity index (χ1n) is 8.90. The molecule has 1 saturated heterocycles. The zero-order valence-corrected chi connectivity index (χ0v) is 16.4. The molecule has 0 aliphatic carbocycles. The van der Waals surface area contributed by atoms with Crippen LogP contribution in [-0.4, -0.2) is 61.1 Å². The summed E-state index contributed by atoms with van der Waals surface area (Å²) in [6.07, 6.45) is 2.95. The highest BCUT2D eigenvalue weighted by Crippen LogP contribution is 2.19. The number of rotatable bonds is 6. The molecule has 2 rings (SSSR count). The summed E-state index contributed by atoms with van der Waals surface area (Å²) in [6.45, 7) is 9.60. The molecular formula is C20H29ClN2O2. The second kappa shape index (κ2) is 9.37. The van der Waals surface area contributed by atoms with Crippen molar-refractivity contribution >= 4 is 23.6 Å². The molecule has 1 amide bonds. The molecule has 1 aliphatic rings. The molecule has 5 heteroatoms. The van der Waals surface area contributed by atoms with Gasteiger partial charge in [0.15, 0.2) is 0 Å². The summed E-state index contributed by atoms with van der Waals surface area (Å²) in [5.74, 6) is 0.116. The Kier molecular flexibility index (Phi) is 7.48. The van der Waals surface area contributed by atoms with Crippen LogP contribution in [0.15, 0.2) is 29.8 Å². The van der Waals surface area contributed by atoms with E-state index in [4.69, 9.17) is 16.3 Å². The van der Waals surface area contributed by atoms with Crippen LogP contribution < -0.4 is 0 Å². The van der Waals surface area contributed by atoms with Crippen molar-refractivity contribution in [1.82, 2.24) is 9.80 Å². The van der Waals surface area contributed by atoms with Crippen LogP contribution in [-0.2, 0) is 9.53 Å². The monoisotopic (exact) mass is 364 g/mol. The first-order valence-corrected chi connectivity index (χ1v) is 9.28. The van der Waals surface area contributed by atoms with E-state index in [2.05, 4.69) is 18.7 Å². The molecule has 25 heavy (non-hydrogen) atoms. The van der Waals surface area contributed by atoms with Crippen LogP contribution >= 0.6 is 11.6 Å².